The Morgan fingerprint density at radius 2 is 2.14 bits per heavy atom. The molecule has 0 radical (unpaired) electrons. The Labute approximate surface area is 86.7 Å². The number of likely N-dealkylation sites (N-methyl/N-ethyl adjacent to an activating group) is 1. The Balaban J connectivity index is 3.65. The van der Waals surface area contributed by atoms with Crippen LogP contribution >= 0.6 is 0 Å². The number of hydrogen-bond acceptors (Lipinski definition) is 3. The lowest BCUT2D eigenvalue weighted by atomic mass is 10.1. The molecule has 0 spiro atoms. The van der Waals surface area contributed by atoms with E-state index in [1.54, 1.807) is 13.2 Å². The van der Waals surface area contributed by atoms with E-state index in [4.69, 9.17) is 4.74 Å². The average Bonchev–Trinajstić information content (AvgIpc) is 2.14. The molecule has 0 aromatic rings. The van der Waals surface area contributed by atoms with Crippen LogP contribution < -0.4 is 0 Å². The maximum atomic E-state index is 11.2. The quantitative estimate of drug-likeness (QED) is 0.580. The maximum Gasteiger partial charge on any atom is 0.157 e. The van der Waals surface area contributed by atoms with Gasteiger partial charge in [-0.2, -0.15) is 0 Å². The molecule has 14 heavy (non-hydrogen) atoms. The van der Waals surface area contributed by atoms with Crippen molar-refractivity contribution in [2.45, 2.75) is 13.8 Å². The Kier molecular flexibility index (Phi) is 7.34. The van der Waals surface area contributed by atoms with Crippen molar-refractivity contribution in [1.82, 2.24) is 4.90 Å². The van der Waals surface area contributed by atoms with Crippen molar-refractivity contribution < 1.29 is 9.53 Å². The molecule has 0 saturated heterocycles. The monoisotopic (exact) mass is 199 g/mol. The van der Waals surface area contributed by atoms with Gasteiger partial charge in [0.1, 0.15) is 0 Å². The van der Waals surface area contributed by atoms with Gasteiger partial charge in [-0.05, 0) is 13.1 Å². The van der Waals surface area contributed by atoms with Crippen molar-refractivity contribution in [3.8, 4) is 0 Å². The molecule has 0 atom stereocenters. The van der Waals surface area contributed by atoms with Crippen LogP contribution in [0.15, 0.2) is 12.2 Å². The minimum atomic E-state index is 0.0931. The largest absolute Gasteiger partial charge is 0.383 e. The second kappa shape index (κ2) is 7.71. The number of ketones is 1. The highest BCUT2D eigenvalue weighted by Gasteiger charge is 2.01. The summed E-state index contributed by atoms with van der Waals surface area (Å²) in [5, 5.41) is 0. The highest BCUT2D eigenvalue weighted by atomic mass is 16.5. The molecule has 0 aliphatic rings. The van der Waals surface area contributed by atoms with Gasteiger partial charge in [-0.15, -0.1) is 0 Å². The van der Waals surface area contributed by atoms with Crippen molar-refractivity contribution in [3.63, 3.8) is 0 Å². The van der Waals surface area contributed by atoms with Gasteiger partial charge in [0, 0.05) is 26.1 Å². The van der Waals surface area contributed by atoms with Gasteiger partial charge in [0.05, 0.1) is 6.61 Å². The first-order valence-corrected chi connectivity index (χ1v) is 4.95. The zero-order chi connectivity index (χ0) is 11.0. The normalized spacial score (nSPS) is 11.9. The summed E-state index contributed by atoms with van der Waals surface area (Å²) in [6.45, 7) is 6.21. The topological polar surface area (TPSA) is 29.5 Å². The number of carbonyl (C=O) groups excluding carboxylic acids is 1. The van der Waals surface area contributed by atoms with Crippen LogP contribution in [-0.2, 0) is 9.53 Å². The Hall–Kier alpha value is -0.670. The summed E-state index contributed by atoms with van der Waals surface area (Å²) in [4.78, 5) is 13.3. The standard InChI is InChI=1S/C11H21NO2/c1-10(2)11(13)6-5-7-12(3)8-9-14-4/h5-6,10H,7-9H2,1-4H3/b6-5+. The van der Waals surface area contributed by atoms with E-state index >= 15 is 0 Å². The molecule has 0 aromatic carbocycles. The molecule has 0 unspecified atom stereocenters. The van der Waals surface area contributed by atoms with E-state index in [-0.39, 0.29) is 11.7 Å². The zero-order valence-corrected chi connectivity index (χ0v) is 9.62. The smallest absolute Gasteiger partial charge is 0.157 e. The molecule has 0 heterocycles. The molecular weight excluding hydrogens is 178 g/mol. The van der Waals surface area contributed by atoms with Gasteiger partial charge in [-0.1, -0.05) is 19.9 Å². The molecule has 0 bridgehead atoms. The number of carbonyl (C=O) groups is 1. The second-order valence-corrected chi connectivity index (χ2v) is 3.71. The highest BCUT2D eigenvalue weighted by Crippen LogP contribution is 1.95. The van der Waals surface area contributed by atoms with Crippen LogP contribution in [0, 0.1) is 5.92 Å². The molecule has 0 aliphatic carbocycles. The molecule has 3 heteroatoms. The van der Waals surface area contributed by atoms with Crippen molar-refractivity contribution in [2.75, 3.05) is 33.9 Å². The Bertz CT molecular complexity index is 188. The van der Waals surface area contributed by atoms with Crippen LogP contribution in [0.2, 0.25) is 0 Å². The number of nitrogens with zero attached hydrogens (tertiary/aromatic N) is 1. The predicted molar refractivity (Wildman–Crippen MR) is 58.4 cm³/mol. The Morgan fingerprint density at radius 1 is 1.50 bits per heavy atom. The van der Waals surface area contributed by atoms with Gasteiger partial charge >= 0.3 is 0 Å². The summed E-state index contributed by atoms with van der Waals surface area (Å²) in [7, 11) is 3.69. The molecule has 0 N–H and O–H groups in total. The number of hydrogen-bond donors (Lipinski definition) is 0. The molecule has 3 nitrogen and oxygen atoms in total. The fourth-order valence-electron chi connectivity index (χ4n) is 0.880. The van der Waals surface area contributed by atoms with Crippen LogP contribution in [0.25, 0.3) is 0 Å². The number of methoxy groups -OCH3 is 1. The SMILES string of the molecule is COCCN(C)C/C=C/C(=O)C(C)C. The third-order valence-electron chi connectivity index (χ3n) is 1.95. The number of ether oxygens (including phenoxy) is 1. The predicted octanol–water partition coefficient (Wildman–Crippen LogP) is 1.35. The summed E-state index contributed by atoms with van der Waals surface area (Å²) < 4.78 is 4.95. The average molecular weight is 199 g/mol. The second-order valence-electron chi connectivity index (χ2n) is 3.71. The van der Waals surface area contributed by atoms with Crippen LogP contribution in [0.3, 0.4) is 0 Å². The lowest BCUT2D eigenvalue weighted by molar-refractivity contribution is -0.117. The fourth-order valence-corrected chi connectivity index (χ4v) is 0.880. The first kappa shape index (κ1) is 13.3. The lowest BCUT2D eigenvalue weighted by Crippen LogP contribution is -2.23. The molecule has 0 fully saturated rings. The molecular formula is C11H21NO2. The Morgan fingerprint density at radius 3 is 2.64 bits per heavy atom. The summed E-state index contributed by atoms with van der Waals surface area (Å²) in [5.41, 5.74) is 0. The maximum absolute atomic E-state index is 11.2. The van der Waals surface area contributed by atoms with E-state index < -0.39 is 0 Å². The van der Waals surface area contributed by atoms with Gasteiger partial charge in [0.2, 0.25) is 0 Å². The van der Waals surface area contributed by atoms with Crippen molar-refractivity contribution in [2.24, 2.45) is 5.92 Å². The number of rotatable bonds is 7. The van der Waals surface area contributed by atoms with Gasteiger partial charge in [0.15, 0.2) is 5.78 Å². The minimum absolute atomic E-state index is 0.0931. The molecule has 0 aliphatic heterocycles. The van der Waals surface area contributed by atoms with Crippen molar-refractivity contribution in [3.05, 3.63) is 12.2 Å². The summed E-state index contributed by atoms with van der Waals surface area (Å²) in [6.07, 6.45) is 3.56. The van der Waals surface area contributed by atoms with Gasteiger partial charge < -0.3 is 9.64 Å². The van der Waals surface area contributed by atoms with Gasteiger partial charge in [-0.3, -0.25) is 4.79 Å². The first-order valence-electron chi connectivity index (χ1n) is 4.95. The van der Waals surface area contributed by atoms with Crippen LogP contribution in [0.5, 0.6) is 0 Å². The van der Waals surface area contributed by atoms with Crippen LogP contribution in [-0.4, -0.2) is 44.5 Å². The molecule has 0 saturated carbocycles. The third kappa shape index (κ3) is 6.80. The summed E-state index contributed by atoms with van der Waals surface area (Å²) in [6, 6.07) is 0. The highest BCUT2D eigenvalue weighted by molar-refractivity contribution is 5.91. The van der Waals surface area contributed by atoms with E-state index in [0.717, 1.165) is 19.7 Å². The van der Waals surface area contributed by atoms with E-state index in [1.165, 1.54) is 0 Å². The zero-order valence-electron chi connectivity index (χ0n) is 9.62. The van der Waals surface area contributed by atoms with E-state index in [1.807, 2.05) is 27.0 Å². The molecule has 0 amide bonds. The summed E-state index contributed by atoms with van der Waals surface area (Å²) >= 11 is 0. The molecule has 82 valence electrons. The number of allylic oxidation sites excluding steroid dienone is 1. The van der Waals surface area contributed by atoms with Crippen molar-refractivity contribution in [1.29, 1.82) is 0 Å². The summed E-state index contributed by atoms with van der Waals surface area (Å²) in [5.74, 6) is 0.278. The van der Waals surface area contributed by atoms with Crippen LogP contribution in [0.1, 0.15) is 13.8 Å². The molecule has 0 rings (SSSR count). The molecule has 0 aromatic heterocycles. The van der Waals surface area contributed by atoms with E-state index in [9.17, 15) is 4.79 Å². The first-order chi connectivity index (χ1) is 6.57. The van der Waals surface area contributed by atoms with E-state index in [0.29, 0.717) is 0 Å². The third-order valence-corrected chi connectivity index (χ3v) is 1.95. The lowest BCUT2D eigenvalue weighted by Gasteiger charge is -2.12. The van der Waals surface area contributed by atoms with Crippen LogP contribution in [0.4, 0.5) is 0 Å². The van der Waals surface area contributed by atoms with E-state index in [2.05, 4.69) is 4.90 Å². The fraction of sp³-hybridized carbons (Fsp3) is 0.727. The minimum Gasteiger partial charge on any atom is -0.383 e. The van der Waals surface area contributed by atoms with Gasteiger partial charge in [0.25, 0.3) is 0 Å². The van der Waals surface area contributed by atoms with Crippen molar-refractivity contribution >= 4 is 5.78 Å². The van der Waals surface area contributed by atoms with Gasteiger partial charge in [-0.25, -0.2) is 0 Å².